The SMILES string of the molecule is Oc1ccc([S+](c2ccc(F)cc2)c2ccc(F)cc2)c(-c2ccccc2)c1-c1ccccc1. The van der Waals surface area contributed by atoms with E-state index in [4.69, 9.17) is 0 Å². The van der Waals surface area contributed by atoms with Crippen molar-refractivity contribution < 1.29 is 13.9 Å². The maximum atomic E-state index is 13.8. The molecular formula is C30H21F2OS+. The van der Waals surface area contributed by atoms with Gasteiger partial charge < -0.3 is 5.11 Å². The van der Waals surface area contributed by atoms with Crippen molar-refractivity contribution in [3.8, 4) is 28.0 Å². The second kappa shape index (κ2) is 9.54. The van der Waals surface area contributed by atoms with Gasteiger partial charge in [0.25, 0.3) is 0 Å². The van der Waals surface area contributed by atoms with Gasteiger partial charge in [-0.05, 0) is 71.8 Å². The number of benzene rings is 5. The first kappa shape index (κ1) is 21.9. The first-order chi connectivity index (χ1) is 16.6. The van der Waals surface area contributed by atoms with Gasteiger partial charge in [0.1, 0.15) is 17.4 Å². The highest BCUT2D eigenvalue weighted by atomic mass is 32.2. The Morgan fingerprint density at radius 1 is 0.471 bits per heavy atom. The van der Waals surface area contributed by atoms with E-state index in [-0.39, 0.29) is 17.4 Å². The lowest BCUT2D eigenvalue weighted by atomic mass is 9.93. The van der Waals surface area contributed by atoms with E-state index in [1.807, 2.05) is 66.7 Å². The van der Waals surface area contributed by atoms with Gasteiger partial charge in [-0.3, -0.25) is 0 Å². The van der Waals surface area contributed by atoms with Gasteiger partial charge in [-0.2, -0.15) is 0 Å². The minimum absolute atomic E-state index is 0.176. The summed E-state index contributed by atoms with van der Waals surface area (Å²) in [6.45, 7) is 0. The Balaban J connectivity index is 1.84. The molecule has 0 unspecified atom stereocenters. The third-order valence-corrected chi connectivity index (χ3v) is 7.86. The Morgan fingerprint density at radius 2 is 0.912 bits per heavy atom. The van der Waals surface area contributed by atoms with Gasteiger partial charge in [0, 0.05) is 11.1 Å². The van der Waals surface area contributed by atoms with Crippen LogP contribution in [0.4, 0.5) is 8.78 Å². The zero-order chi connectivity index (χ0) is 23.5. The minimum atomic E-state index is -0.680. The Morgan fingerprint density at radius 3 is 1.38 bits per heavy atom. The molecule has 0 heterocycles. The summed E-state index contributed by atoms with van der Waals surface area (Å²) in [5.41, 5.74) is 3.46. The molecule has 5 aromatic rings. The highest BCUT2D eigenvalue weighted by Crippen LogP contribution is 2.46. The van der Waals surface area contributed by atoms with Crippen molar-refractivity contribution in [2.24, 2.45) is 0 Å². The molecule has 0 saturated carbocycles. The van der Waals surface area contributed by atoms with Crippen molar-refractivity contribution in [2.75, 3.05) is 0 Å². The zero-order valence-corrected chi connectivity index (χ0v) is 19.0. The summed E-state index contributed by atoms with van der Waals surface area (Å²) in [4.78, 5) is 2.76. The van der Waals surface area contributed by atoms with Crippen LogP contribution in [0.3, 0.4) is 0 Å². The molecule has 0 atom stereocenters. The Hall–Kier alpha value is -3.89. The standard InChI is InChI=1S/C30H20F2OS/c31-23-11-15-25(16-12-23)34(26-17-13-24(32)14-18-26)28-20-19-27(33)29(21-7-3-1-4-8-21)30(28)22-9-5-2-6-10-22/h1-20H/p+1. The molecular weight excluding hydrogens is 446 g/mol. The van der Waals surface area contributed by atoms with Crippen LogP contribution in [0, 0.1) is 11.6 Å². The van der Waals surface area contributed by atoms with Crippen molar-refractivity contribution in [3.63, 3.8) is 0 Å². The first-order valence-electron chi connectivity index (χ1n) is 10.8. The first-order valence-corrected chi connectivity index (χ1v) is 12.1. The third-order valence-electron chi connectivity index (χ3n) is 5.59. The van der Waals surface area contributed by atoms with Gasteiger partial charge in [0.2, 0.25) is 0 Å². The largest absolute Gasteiger partial charge is 0.507 e. The molecule has 0 amide bonds. The summed E-state index contributed by atoms with van der Waals surface area (Å²) < 4.78 is 27.6. The summed E-state index contributed by atoms with van der Waals surface area (Å²) in [6, 6.07) is 36.1. The lowest BCUT2D eigenvalue weighted by Crippen LogP contribution is -2.08. The number of rotatable bonds is 5. The molecule has 5 aromatic carbocycles. The summed E-state index contributed by atoms with van der Waals surface area (Å²) in [5, 5.41) is 11.0. The van der Waals surface area contributed by atoms with Crippen LogP contribution in [0.2, 0.25) is 0 Å². The summed E-state index contributed by atoms with van der Waals surface area (Å²) in [6.07, 6.45) is 0. The normalized spacial score (nSPS) is 11.0. The average Bonchev–Trinajstić information content (AvgIpc) is 2.88. The Bertz CT molecular complexity index is 1360. The lowest BCUT2D eigenvalue weighted by molar-refractivity contribution is 0.477. The predicted octanol–water partition coefficient (Wildman–Crippen LogP) is 8.10. The Kier molecular flexibility index (Phi) is 6.15. The van der Waals surface area contributed by atoms with E-state index in [0.717, 1.165) is 36.9 Å². The van der Waals surface area contributed by atoms with E-state index < -0.39 is 10.9 Å². The summed E-state index contributed by atoms with van der Waals surface area (Å²) >= 11 is 0. The molecule has 5 rings (SSSR count). The second-order valence-corrected chi connectivity index (χ2v) is 9.77. The van der Waals surface area contributed by atoms with E-state index in [0.29, 0.717) is 0 Å². The van der Waals surface area contributed by atoms with E-state index >= 15 is 0 Å². The molecule has 0 bridgehead atoms. The highest BCUT2D eigenvalue weighted by Gasteiger charge is 2.34. The fourth-order valence-electron chi connectivity index (χ4n) is 4.06. The molecule has 166 valence electrons. The number of phenols is 1. The van der Waals surface area contributed by atoms with E-state index in [9.17, 15) is 13.9 Å². The average molecular weight is 468 g/mol. The van der Waals surface area contributed by atoms with Gasteiger partial charge in [-0.1, -0.05) is 60.7 Å². The molecule has 0 spiro atoms. The smallest absolute Gasteiger partial charge is 0.175 e. The molecule has 0 saturated heterocycles. The van der Waals surface area contributed by atoms with Gasteiger partial charge in [-0.25, -0.2) is 8.78 Å². The van der Waals surface area contributed by atoms with E-state index in [1.54, 1.807) is 30.3 Å². The molecule has 0 aliphatic rings. The minimum Gasteiger partial charge on any atom is -0.507 e. The van der Waals surface area contributed by atoms with Crippen LogP contribution in [0.15, 0.2) is 136 Å². The summed E-state index contributed by atoms with van der Waals surface area (Å²) in [7, 11) is -0.680. The number of aromatic hydroxyl groups is 1. The van der Waals surface area contributed by atoms with Crippen LogP contribution in [-0.4, -0.2) is 5.11 Å². The maximum Gasteiger partial charge on any atom is 0.175 e. The van der Waals surface area contributed by atoms with Gasteiger partial charge in [-0.15, -0.1) is 0 Å². The van der Waals surface area contributed by atoms with Crippen LogP contribution in [0.5, 0.6) is 5.75 Å². The van der Waals surface area contributed by atoms with Gasteiger partial charge >= 0.3 is 0 Å². The van der Waals surface area contributed by atoms with Crippen molar-refractivity contribution >= 4 is 10.9 Å². The second-order valence-electron chi connectivity index (χ2n) is 7.78. The molecule has 0 aliphatic carbocycles. The van der Waals surface area contributed by atoms with Crippen LogP contribution < -0.4 is 0 Å². The molecule has 0 fully saturated rings. The third kappa shape index (κ3) is 4.33. The molecule has 0 aliphatic heterocycles. The van der Waals surface area contributed by atoms with Crippen LogP contribution in [-0.2, 0) is 10.9 Å². The van der Waals surface area contributed by atoms with Crippen molar-refractivity contribution in [2.45, 2.75) is 14.7 Å². The van der Waals surface area contributed by atoms with Crippen LogP contribution >= 0.6 is 0 Å². The van der Waals surface area contributed by atoms with Crippen molar-refractivity contribution in [3.05, 3.63) is 133 Å². The number of hydrogen-bond acceptors (Lipinski definition) is 1. The van der Waals surface area contributed by atoms with Crippen molar-refractivity contribution in [1.29, 1.82) is 0 Å². The quantitative estimate of drug-likeness (QED) is 0.259. The zero-order valence-electron chi connectivity index (χ0n) is 18.2. The number of halogens is 2. The predicted molar refractivity (Wildman–Crippen MR) is 134 cm³/mol. The van der Waals surface area contributed by atoms with Crippen LogP contribution in [0.25, 0.3) is 22.3 Å². The molecule has 0 aromatic heterocycles. The van der Waals surface area contributed by atoms with Gasteiger partial charge in [0.05, 0.1) is 10.9 Å². The summed E-state index contributed by atoms with van der Waals surface area (Å²) in [5.74, 6) is -0.452. The molecule has 1 nitrogen and oxygen atoms in total. The number of phenolic OH excluding ortho intramolecular Hbond substituents is 1. The molecule has 0 radical (unpaired) electrons. The molecule has 4 heteroatoms. The highest BCUT2D eigenvalue weighted by molar-refractivity contribution is 7.97. The fourth-order valence-corrected chi connectivity index (χ4v) is 6.29. The van der Waals surface area contributed by atoms with E-state index in [1.165, 1.54) is 24.3 Å². The lowest BCUT2D eigenvalue weighted by Gasteiger charge is -2.17. The molecule has 34 heavy (non-hydrogen) atoms. The van der Waals surface area contributed by atoms with E-state index in [2.05, 4.69) is 0 Å². The monoisotopic (exact) mass is 467 g/mol. The fraction of sp³-hybridized carbons (Fsp3) is 0. The van der Waals surface area contributed by atoms with Crippen LogP contribution in [0.1, 0.15) is 0 Å². The Labute approximate surface area is 200 Å². The topological polar surface area (TPSA) is 20.2 Å². The van der Waals surface area contributed by atoms with Gasteiger partial charge in [0.15, 0.2) is 14.7 Å². The van der Waals surface area contributed by atoms with Crippen molar-refractivity contribution in [1.82, 2.24) is 0 Å². The molecule has 1 N–H and O–H groups in total. The number of hydrogen-bond donors (Lipinski definition) is 1. The maximum absolute atomic E-state index is 13.8.